The van der Waals surface area contributed by atoms with Gasteiger partial charge in [-0.25, -0.2) is 0 Å². The molecule has 3 heterocycles. The van der Waals surface area contributed by atoms with Gasteiger partial charge in [-0.2, -0.15) is 0 Å². The van der Waals surface area contributed by atoms with Crippen molar-refractivity contribution < 1.29 is 23.7 Å². The normalized spacial score (nSPS) is 15.4. The fourth-order valence-corrected chi connectivity index (χ4v) is 5.06. The van der Waals surface area contributed by atoms with Crippen molar-refractivity contribution in [3.63, 3.8) is 0 Å². The van der Waals surface area contributed by atoms with E-state index < -0.39 is 0 Å². The Morgan fingerprint density at radius 3 is 2.84 bits per heavy atom. The van der Waals surface area contributed by atoms with Crippen LogP contribution < -0.4 is 19.5 Å². The molecule has 1 N–H and O–H groups in total. The Kier molecular flexibility index (Phi) is 6.51. The van der Waals surface area contributed by atoms with Crippen molar-refractivity contribution in [1.82, 2.24) is 15.2 Å². The standard InChI is InChI=1S/C29H29N3O5/c1-30-29(33)22-4-2-3-19-17-20(5-6-21(19)22)37-25-7-9-31-24-18-26(28-23(27(24)25)8-13-36-28)35-16-12-32-10-14-34-15-11-32/h2-7,9,17-18H,8,10-16H2,1H3,(H,30,33). The molecule has 2 aliphatic heterocycles. The second-order valence-electron chi connectivity index (χ2n) is 9.16. The van der Waals surface area contributed by atoms with Crippen LogP contribution in [0.15, 0.2) is 54.7 Å². The van der Waals surface area contributed by atoms with E-state index in [-0.39, 0.29) is 5.91 Å². The summed E-state index contributed by atoms with van der Waals surface area (Å²) in [5.41, 5.74) is 2.51. The molecule has 1 amide bonds. The minimum Gasteiger partial charge on any atom is -0.489 e. The van der Waals surface area contributed by atoms with Crippen LogP contribution in [0.5, 0.6) is 23.0 Å². The number of fused-ring (bicyclic) bond motifs is 4. The highest BCUT2D eigenvalue weighted by Crippen LogP contribution is 2.44. The van der Waals surface area contributed by atoms with Gasteiger partial charge in [-0.15, -0.1) is 0 Å². The average Bonchev–Trinajstić information content (AvgIpc) is 3.43. The van der Waals surface area contributed by atoms with Crippen molar-refractivity contribution in [3.8, 4) is 23.0 Å². The van der Waals surface area contributed by atoms with Crippen molar-refractivity contribution in [1.29, 1.82) is 0 Å². The Hall–Kier alpha value is -3.88. The Morgan fingerprint density at radius 1 is 1.08 bits per heavy atom. The Bertz CT molecular complexity index is 1470. The van der Waals surface area contributed by atoms with E-state index in [1.807, 2.05) is 48.5 Å². The van der Waals surface area contributed by atoms with Crippen LogP contribution in [0.1, 0.15) is 15.9 Å². The van der Waals surface area contributed by atoms with Crippen LogP contribution in [0.3, 0.4) is 0 Å². The van der Waals surface area contributed by atoms with Crippen molar-refractivity contribution >= 4 is 27.6 Å². The first-order valence-corrected chi connectivity index (χ1v) is 12.6. The lowest BCUT2D eigenvalue weighted by Crippen LogP contribution is -2.38. The van der Waals surface area contributed by atoms with Gasteiger partial charge in [0.15, 0.2) is 11.5 Å². The average molecular weight is 500 g/mol. The fraction of sp³-hybridized carbons (Fsp3) is 0.310. The molecule has 0 spiro atoms. The highest BCUT2D eigenvalue weighted by atomic mass is 16.5. The molecule has 3 aromatic carbocycles. The van der Waals surface area contributed by atoms with Crippen LogP contribution in [-0.2, 0) is 11.2 Å². The number of nitrogens with zero attached hydrogens (tertiary/aromatic N) is 2. The Balaban J connectivity index is 1.29. The first-order chi connectivity index (χ1) is 18.2. The fourth-order valence-electron chi connectivity index (χ4n) is 5.06. The summed E-state index contributed by atoms with van der Waals surface area (Å²) < 4.78 is 24.0. The maximum atomic E-state index is 12.3. The van der Waals surface area contributed by atoms with E-state index in [1.54, 1.807) is 13.2 Å². The number of benzene rings is 3. The topological polar surface area (TPSA) is 82.2 Å². The molecule has 8 heteroatoms. The number of morpholine rings is 1. The summed E-state index contributed by atoms with van der Waals surface area (Å²) in [6, 6.07) is 15.3. The minimum atomic E-state index is -0.113. The molecule has 0 bridgehead atoms. The van der Waals surface area contributed by atoms with E-state index in [2.05, 4.69) is 15.2 Å². The summed E-state index contributed by atoms with van der Waals surface area (Å²) in [7, 11) is 1.63. The summed E-state index contributed by atoms with van der Waals surface area (Å²) in [6.45, 7) is 5.42. The highest BCUT2D eigenvalue weighted by molar-refractivity contribution is 6.07. The molecule has 190 valence electrons. The lowest BCUT2D eigenvalue weighted by Gasteiger charge is -2.26. The van der Waals surface area contributed by atoms with E-state index >= 15 is 0 Å². The maximum Gasteiger partial charge on any atom is 0.251 e. The van der Waals surface area contributed by atoms with Gasteiger partial charge in [0.25, 0.3) is 5.91 Å². The first kappa shape index (κ1) is 23.5. The number of nitrogens with one attached hydrogen (secondary N) is 1. The molecule has 4 aromatic rings. The number of rotatable bonds is 7. The monoisotopic (exact) mass is 499 g/mol. The molecule has 1 fully saturated rings. The second-order valence-corrected chi connectivity index (χ2v) is 9.16. The molecule has 0 aliphatic carbocycles. The molecule has 37 heavy (non-hydrogen) atoms. The molecule has 8 nitrogen and oxygen atoms in total. The smallest absolute Gasteiger partial charge is 0.251 e. The third-order valence-corrected chi connectivity index (χ3v) is 6.93. The van der Waals surface area contributed by atoms with Crippen LogP contribution in [0.2, 0.25) is 0 Å². The third kappa shape index (κ3) is 4.65. The summed E-state index contributed by atoms with van der Waals surface area (Å²) in [4.78, 5) is 19.2. The largest absolute Gasteiger partial charge is 0.489 e. The number of amides is 1. The van der Waals surface area contributed by atoms with Gasteiger partial charge in [-0.05, 0) is 41.1 Å². The highest BCUT2D eigenvalue weighted by Gasteiger charge is 2.24. The maximum absolute atomic E-state index is 12.3. The van der Waals surface area contributed by atoms with E-state index in [0.717, 1.165) is 78.0 Å². The summed E-state index contributed by atoms with van der Waals surface area (Å²) in [6.07, 6.45) is 2.52. The number of ether oxygens (including phenoxy) is 4. The number of aromatic nitrogens is 1. The van der Waals surface area contributed by atoms with E-state index in [4.69, 9.17) is 18.9 Å². The predicted octanol–water partition coefficient (Wildman–Crippen LogP) is 4.19. The molecule has 0 saturated carbocycles. The zero-order valence-corrected chi connectivity index (χ0v) is 20.8. The minimum absolute atomic E-state index is 0.113. The van der Waals surface area contributed by atoms with E-state index in [0.29, 0.717) is 30.3 Å². The number of hydrogen-bond donors (Lipinski definition) is 1. The number of carbonyl (C=O) groups excluding carboxylic acids is 1. The summed E-state index contributed by atoms with van der Waals surface area (Å²) in [5.74, 6) is 2.80. The van der Waals surface area contributed by atoms with Crippen LogP contribution in [0.25, 0.3) is 21.7 Å². The number of pyridine rings is 1. The van der Waals surface area contributed by atoms with Gasteiger partial charge in [-0.1, -0.05) is 12.1 Å². The molecular weight excluding hydrogens is 470 g/mol. The Morgan fingerprint density at radius 2 is 1.97 bits per heavy atom. The van der Waals surface area contributed by atoms with Gasteiger partial charge in [0.2, 0.25) is 0 Å². The lowest BCUT2D eigenvalue weighted by molar-refractivity contribution is 0.0321. The molecule has 6 rings (SSSR count). The van der Waals surface area contributed by atoms with Gasteiger partial charge >= 0.3 is 0 Å². The summed E-state index contributed by atoms with van der Waals surface area (Å²) >= 11 is 0. The van der Waals surface area contributed by atoms with Crippen LogP contribution in [0.4, 0.5) is 0 Å². The van der Waals surface area contributed by atoms with Crippen molar-refractivity contribution in [2.75, 3.05) is 53.1 Å². The van der Waals surface area contributed by atoms with Crippen molar-refractivity contribution in [3.05, 3.63) is 65.9 Å². The van der Waals surface area contributed by atoms with Crippen molar-refractivity contribution in [2.45, 2.75) is 6.42 Å². The van der Waals surface area contributed by atoms with Gasteiger partial charge in [0.1, 0.15) is 18.1 Å². The van der Waals surface area contributed by atoms with Gasteiger partial charge in [0.05, 0.1) is 30.7 Å². The third-order valence-electron chi connectivity index (χ3n) is 6.93. The van der Waals surface area contributed by atoms with E-state index in [1.165, 1.54) is 0 Å². The van der Waals surface area contributed by atoms with Gasteiger partial charge < -0.3 is 24.3 Å². The second kappa shape index (κ2) is 10.2. The van der Waals surface area contributed by atoms with Crippen molar-refractivity contribution in [2.24, 2.45) is 0 Å². The molecule has 2 aliphatic rings. The SMILES string of the molecule is CNC(=O)c1cccc2cc(Oc3ccnc4cc(OCCN5CCOCC5)c5c(c34)CCO5)ccc12. The molecule has 0 radical (unpaired) electrons. The zero-order chi connectivity index (χ0) is 25.2. The lowest BCUT2D eigenvalue weighted by atomic mass is 10.0. The molecular formula is C29H29N3O5. The van der Waals surface area contributed by atoms with Crippen LogP contribution >= 0.6 is 0 Å². The quantitative estimate of drug-likeness (QED) is 0.408. The summed E-state index contributed by atoms with van der Waals surface area (Å²) in [5, 5.41) is 5.45. The van der Waals surface area contributed by atoms with Gasteiger partial charge in [-0.3, -0.25) is 14.7 Å². The molecule has 0 unspecified atom stereocenters. The van der Waals surface area contributed by atoms with Gasteiger partial charge in [0, 0.05) is 56.5 Å². The molecule has 1 saturated heterocycles. The van der Waals surface area contributed by atoms with Crippen LogP contribution in [0, 0.1) is 0 Å². The first-order valence-electron chi connectivity index (χ1n) is 12.6. The van der Waals surface area contributed by atoms with Crippen LogP contribution in [-0.4, -0.2) is 68.9 Å². The number of carbonyl (C=O) groups is 1. The molecule has 0 atom stereocenters. The number of hydrogen-bond acceptors (Lipinski definition) is 7. The Labute approximate surface area is 215 Å². The molecule has 1 aromatic heterocycles. The van der Waals surface area contributed by atoms with E-state index in [9.17, 15) is 4.79 Å². The zero-order valence-electron chi connectivity index (χ0n) is 20.8. The predicted molar refractivity (Wildman–Crippen MR) is 141 cm³/mol.